The van der Waals surface area contributed by atoms with Gasteiger partial charge in [-0.2, -0.15) is 0 Å². The number of ether oxygens (including phenoxy) is 2. The van der Waals surface area contributed by atoms with E-state index in [4.69, 9.17) is 14.6 Å². The van der Waals surface area contributed by atoms with E-state index in [9.17, 15) is 9.18 Å². The maximum absolute atomic E-state index is 13.9. The summed E-state index contributed by atoms with van der Waals surface area (Å²) in [6.45, 7) is 4.13. The summed E-state index contributed by atoms with van der Waals surface area (Å²) >= 11 is 1.22. The van der Waals surface area contributed by atoms with Crippen LogP contribution in [0.2, 0.25) is 0 Å². The number of thioether (sulfide) groups is 1. The quantitative estimate of drug-likeness (QED) is 0.777. The lowest BCUT2D eigenvalue weighted by Gasteiger charge is -2.18. The number of carbonyl (C=O) groups is 1. The number of rotatable bonds is 6. The molecular formula is C19H19FO4S. The number of carboxylic acids is 1. The minimum Gasteiger partial charge on any atom is -0.489 e. The third kappa shape index (κ3) is 4.45. The van der Waals surface area contributed by atoms with Gasteiger partial charge in [0.15, 0.2) is 0 Å². The third-order valence-electron chi connectivity index (χ3n) is 3.76. The topological polar surface area (TPSA) is 55.8 Å². The largest absolute Gasteiger partial charge is 0.489 e. The SMILES string of the molecule is CC1(C)Cc2cc(F)cc(COc3cccc(SCC(=O)O)c3)c2O1. The molecule has 1 N–H and O–H groups in total. The number of aliphatic carboxylic acids is 1. The van der Waals surface area contributed by atoms with Crippen molar-refractivity contribution in [3.05, 3.63) is 53.3 Å². The van der Waals surface area contributed by atoms with E-state index in [1.165, 1.54) is 23.9 Å². The Morgan fingerprint density at radius 3 is 2.92 bits per heavy atom. The van der Waals surface area contributed by atoms with Crippen molar-refractivity contribution in [1.29, 1.82) is 0 Å². The Morgan fingerprint density at radius 1 is 1.36 bits per heavy atom. The monoisotopic (exact) mass is 362 g/mol. The number of hydrogen-bond donors (Lipinski definition) is 1. The van der Waals surface area contributed by atoms with Gasteiger partial charge >= 0.3 is 5.97 Å². The Labute approximate surface area is 150 Å². The Balaban J connectivity index is 1.73. The molecule has 0 aromatic heterocycles. The van der Waals surface area contributed by atoms with Crippen LogP contribution in [0, 0.1) is 5.82 Å². The molecule has 0 atom stereocenters. The fourth-order valence-electron chi connectivity index (χ4n) is 2.81. The van der Waals surface area contributed by atoms with Crippen LogP contribution in [0.4, 0.5) is 4.39 Å². The maximum Gasteiger partial charge on any atom is 0.313 e. The first-order chi connectivity index (χ1) is 11.8. The predicted molar refractivity (Wildman–Crippen MR) is 93.9 cm³/mol. The lowest BCUT2D eigenvalue weighted by Crippen LogP contribution is -2.25. The van der Waals surface area contributed by atoms with Gasteiger partial charge in [-0.05, 0) is 44.2 Å². The van der Waals surface area contributed by atoms with Crippen LogP contribution in [-0.2, 0) is 17.8 Å². The van der Waals surface area contributed by atoms with Gasteiger partial charge in [0.05, 0.1) is 5.75 Å². The Kier molecular flexibility index (Phi) is 4.90. The van der Waals surface area contributed by atoms with E-state index in [2.05, 4.69) is 0 Å². The fourth-order valence-corrected chi connectivity index (χ4v) is 3.48. The average Bonchev–Trinajstić information content (AvgIpc) is 2.85. The Bertz CT molecular complexity index is 804. The molecule has 0 aliphatic carbocycles. The fraction of sp³-hybridized carbons (Fsp3) is 0.316. The second kappa shape index (κ2) is 6.96. The molecule has 2 aromatic rings. The molecule has 0 radical (unpaired) electrons. The lowest BCUT2D eigenvalue weighted by atomic mass is 10.0. The molecule has 1 aliphatic heterocycles. The Hall–Kier alpha value is -2.21. The molecule has 132 valence electrons. The molecule has 2 aromatic carbocycles. The van der Waals surface area contributed by atoms with Gasteiger partial charge in [-0.25, -0.2) is 4.39 Å². The first-order valence-corrected chi connectivity index (χ1v) is 8.89. The normalized spacial score (nSPS) is 14.7. The van der Waals surface area contributed by atoms with Crippen LogP contribution < -0.4 is 9.47 Å². The molecule has 0 amide bonds. The third-order valence-corrected chi connectivity index (χ3v) is 4.74. The summed E-state index contributed by atoms with van der Waals surface area (Å²) in [5.74, 6) is 0.119. The van der Waals surface area contributed by atoms with E-state index < -0.39 is 5.97 Å². The molecule has 0 saturated heterocycles. The van der Waals surface area contributed by atoms with Crippen LogP contribution in [-0.4, -0.2) is 22.4 Å². The highest BCUT2D eigenvalue weighted by molar-refractivity contribution is 8.00. The molecule has 25 heavy (non-hydrogen) atoms. The van der Waals surface area contributed by atoms with Crippen molar-refractivity contribution in [2.24, 2.45) is 0 Å². The summed E-state index contributed by atoms with van der Waals surface area (Å²) in [7, 11) is 0. The highest BCUT2D eigenvalue weighted by atomic mass is 32.2. The van der Waals surface area contributed by atoms with E-state index >= 15 is 0 Å². The van der Waals surface area contributed by atoms with Gasteiger partial charge in [0.1, 0.15) is 29.5 Å². The molecule has 1 aliphatic rings. The van der Waals surface area contributed by atoms with Gasteiger partial charge in [0.2, 0.25) is 0 Å². The van der Waals surface area contributed by atoms with E-state index in [-0.39, 0.29) is 23.8 Å². The van der Waals surface area contributed by atoms with Crippen molar-refractivity contribution in [1.82, 2.24) is 0 Å². The molecule has 0 saturated carbocycles. The zero-order valence-corrected chi connectivity index (χ0v) is 14.9. The summed E-state index contributed by atoms with van der Waals surface area (Å²) in [4.78, 5) is 11.5. The molecule has 4 nitrogen and oxygen atoms in total. The molecule has 0 unspecified atom stereocenters. The minimum absolute atomic E-state index is 0.0101. The van der Waals surface area contributed by atoms with Gasteiger partial charge < -0.3 is 14.6 Å². The van der Waals surface area contributed by atoms with Crippen LogP contribution in [0.1, 0.15) is 25.0 Å². The van der Waals surface area contributed by atoms with Crippen molar-refractivity contribution in [2.75, 3.05) is 5.75 Å². The summed E-state index contributed by atoms with van der Waals surface area (Å²) in [6.07, 6.45) is 0.661. The van der Waals surface area contributed by atoms with Crippen molar-refractivity contribution < 1.29 is 23.8 Å². The number of benzene rings is 2. The second-order valence-electron chi connectivity index (χ2n) is 6.54. The smallest absolute Gasteiger partial charge is 0.313 e. The second-order valence-corrected chi connectivity index (χ2v) is 7.59. The van der Waals surface area contributed by atoms with E-state index in [1.54, 1.807) is 18.2 Å². The van der Waals surface area contributed by atoms with E-state index in [0.717, 1.165) is 10.5 Å². The minimum atomic E-state index is -0.869. The van der Waals surface area contributed by atoms with Crippen LogP contribution in [0.15, 0.2) is 41.3 Å². The molecule has 0 bridgehead atoms. The van der Waals surface area contributed by atoms with Gasteiger partial charge in [0, 0.05) is 22.4 Å². The first kappa shape index (κ1) is 17.6. The summed E-state index contributed by atoms with van der Waals surface area (Å²) < 4.78 is 25.6. The molecule has 3 rings (SSSR count). The van der Waals surface area contributed by atoms with Gasteiger partial charge in [-0.15, -0.1) is 11.8 Å². The average molecular weight is 362 g/mol. The van der Waals surface area contributed by atoms with Crippen molar-refractivity contribution in [3.63, 3.8) is 0 Å². The molecular weight excluding hydrogens is 343 g/mol. The predicted octanol–water partition coefficient (Wildman–Crippen LogP) is 4.29. The van der Waals surface area contributed by atoms with Crippen LogP contribution >= 0.6 is 11.8 Å². The van der Waals surface area contributed by atoms with Gasteiger partial charge in [-0.3, -0.25) is 4.79 Å². The lowest BCUT2D eigenvalue weighted by molar-refractivity contribution is -0.133. The maximum atomic E-state index is 13.9. The van der Waals surface area contributed by atoms with Gasteiger partial charge in [0.25, 0.3) is 0 Å². The number of carboxylic acid groups (broad SMARTS) is 1. The summed E-state index contributed by atoms with van der Waals surface area (Å²) in [5, 5.41) is 8.75. The highest BCUT2D eigenvalue weighted by Crippen LogP contribution is 2.38. The van der Waals surface area contributed by atoms with E-state index in [1.807, 2.05) is 19.9 Å². The summed E-state index contributed by atoms with van der Waals surface area (Å²) in [5.41, 5.74) is 1.18. The van der Waals surface area contributed by atoms with Crippen molar-refractivity contribution in [3.8, 4) is 11.5 Å². The standard InChI is InChI=1S/C19H19FO4S/c1-19(2)9-12-6-14(20)7-13(18(12)24-19)10-23-15-4-3-5-16(8-15)25-11-17(21)22/h3-8H,9-11H2,1-2H3,(H,21,22). The number of halogens is 1. The highest BCUT2D eigenvalue weighted by Gasteiger charge is 2.32. The molecule has 0 spiro atoms. The van der Waals surface area contributed by atoms with Crippen LogP contribution in [0.3, 0.4) is 0 Å². The van der Waals surface area contributed by atoms with Crippen molar-refractivity contribution >= 4 is 17.7 Å². The van der Waals surface area contributed by atoms with Gasteiger partial charge in [-0.1, -0.05) is 6.07 Å². The van der Waals surface area contributed by atoms with E-state index in [0.29, 0.717) is 23.5 Å². The zero-order chi connectivity index (χ0) is 18.0. The number of hydrogen-bond acceptors (Lipinski definition) is 4. The van der Waals surface area contributed by atoms with Crippen molar-refractivity contribution in [2.45, 2.75) is 37.4 Å². The molecule has 0 fully saturated rings. The molecule has 1 heterocycles. The van der Waals surface area contributed by atoms with Crippen LogP contribution in [0.5, 0.6) is 11.5 Å². The first-order valence-electron chi connectivity index (χ1n) is 7.90. The zero-order valence-electron chi connectivity index (χ0n) is 14.0. The number of fused-ring (bicyclic) bond motifs is 1. The van der Waals surface area contributed by atoms with Crippen LogP contribution in [0.25, 0.3) is 0 Å². The Morgan fingerprint density at radius 2 is 2.16 bits per heavy atom. The molecule has 6 heteroatoms. The summed E-state index contributed by atoms with van der Waals surface area (Å²) in [6, 6.07) is 10.1.